The first kappa shape index (κ1) is 60.1. The number of nitrogens with two attached hydrogens (primary N) is 2. The fourth-order valence-electron chi connectivity index (χ4n) is 5.98. The molecule has 0 spiro atoms. The number of carbonyl (C=O) groups excluding carboxylic acids is 6. The highest BCUT2D eigenvalue weighted by Crippen LogP contribution is 2.29. The van der Waals surface area contributed by atoms with Crippen molar-refractivity contribution >= 4 is 47.2 Å². The van der Waals surface area contributed by atoms with Crippen LogP contribution in [0.25, 0.3) is 0 Å². The quantitative estimate of drug-likeness (QED) is 0.0361. The number of esters is 1. The molecule has 10 N–H and O–H groups in total. The van der Waals surface area contributed by atoms with E-state index in [0.717, 1.165) is 0 Å². The number of ketones is 2. The number of aliphatic carboxylic acids is 2. The summed E-state index contributed by atoms with van der Waals surface area (Å²) in [5.41, 5.74) is 8.43. The van der Waals surface area contributed by atoms with Gasteiger partial charge in [0.05, 0.1) is 30.3 Å². The summed E-state index contributed by atoms with van der Waals surface area (Å²) in [6.07, 6.45) is 1.64. The molecular weight excluding hydrogens is 863 g/mol. The van der Waals surface area contributed by atoms with Gasteiger partial charge in [0.25, 0.3) is 0 Å². The Labute approximate surface area is 386 Å². The van der Waals surface area contributed by atoms with Crippen LogP contribution in [0, 0.1) is 35.5 Å². The second kappa shape index (κ2) is 29.6. The maximum Gasteiger partial charge on any atom is 0.308 e. The maximum absolute atomic E-state index is 12.4. The fraction of sp³-hybridized carbons (Fsp3) is 0.574. The molecule has 66 heavy (non-hydrogen) atoms. The largest absolute Gasteiger partial charge is 0.491 e. The highest BCUT2D eigenvalue weighted by atomic mass is 16.6. The molecule has 19 nitrogen and oxygen atoms in total. The van der Waals surface area contributed by atoms with Gasteiger partial charge in [0.15, 0.2) is 11.6 Å². The number of rotatable bonds is 27. The first-order valence-corrected chi connectivity index (χ1v) is 21.7. The number of carbonyl (C=O) groups is 8. The van der Waals surface area contributed by atoms with E-state index in [0.29, 0.717) is 41.9 Å². The Morgan fingerprint density at radius 2 is 1.06 bits per heavy atom. The van der Waals surface area contributed by atoms with Crippen molar-refractivity contribution in [3.8, 4) is 11.5 Å². The number of aliphatic hydroxyl groups is 3. The molecule has 0 bridgehead atoms. The summed E-state index contributed by atoms with van der Waals surface area (Å²) >= 11 is 0. The van der Waals surface area contributed by atoms with Gasteiger partial charge in [0.1, 0.15) is 42.5 Å². The number of ether oxygens (including phenoxy) is 3. The molecule has 0 heterocycles. The Morgan fingerprint density at radius 3 is 1.42 bits per heavy atom. The zero-order chi connectivity index (χ0) is 50.9. The van der Waals surface area contributed by atoms with Crippen LogP contribution >= 0.6 is 0 Å². The number of primary amides is 2. The van der Waals surface area contributed by atoms with Gasteiger partial charge in [-0.05, 0) is 115 Å². The molecule has 2 aromatic rings. The van der Waals surface area contributed by atoms with Gasteiger partial charge in [0, 0.05) is 30.0 Å². The lowest BCUT2D eigenvalue weighted by Gasteiger charge is -2.25. The van der Waals surface area contributed by atoms with Crippen LogP contribution in [-0.4, -0.2) is 117 Å². The highest BCUT2D eigenvalue weighted by Gasteiger charge is 2.36. The number of benzene rings is 2. The lowest BCUT2D eigenvalue weighted by atomic mass is 9.79. The third-order valence-corrected chi connectivity index (χ3v) is 10.4. The first-order valence-electron chi connectivity index (χ1n) is 21.7. The number of aliphatic hydroxyl groups excluding tert-OH is 1. The predicted molar refractivity (Wildman–Crippen MR) is 242 cm³/mol. The Kier molecular flexibility index (Phi) is 26.9. The molecule has 0 saturated heterocycles. The van der Waals surface area contributed by atoms with Gasteiger partial charge in [-0.15, -0.1) is 0 Å². The minimum atomic E-state index is -1.48. The normalized spacial score (nSPS) is 13.8. The number of carboxylic acids is 2. The van der Waals surface area contributed by atoms with Gasteiger partial charge in [-0.3, -0.25) is 38.4 Å². The molecular formula is C47H71N3O16. The van der Waals surface area contributed by atoms with E-state index in [-0.39, 0.29) is 69.2 Å². The molecule has 2 rings (SSSR count). The van der Waals surface area contributed by atoms with Gasteiger partial charge in [-0.25, -0.2) is 0 Å². The number of amides is 3. The van der Waals surface area contributed by atoms with Crippen molar-refractivity contribution in [1.82, 2.24) is 5.32 Å². The van der Waals surface area contributed by atoms with Crippen LogP contribution in [0.1, 0.15) is 115 Å². The second-order valence-corrected chi connectivity index (χ2v) is 16.9. The molecule has 3 amide bonds. The minimum Gasteiger partial charge on any atom is -0.491 e. The minimum absolute atomic E-state index is 0.0395. The van der Waals surface area contributed by atoms with Gasteiger partial charge < -0.3 is 56.5 Å². The van der Waals surface area contributed by atoms with Crippen LogP contribution in [0.2, 0.25) is 0 Å². The monoisotopic (exact) mass is 933 g/mol. The van der Waals surface area contributed by atoms with Crippen molar-refractivity contribution in [3.63, 3.8) is 0 Å². The number of hydrogen-bond donors (Lipinski definition) is 8. The summed E-state index contributed by atoms with van der Waals surface area (Å²) in [6, 6.07) is 12.6. The van der Waals surface area contributed by atoms with Crippen LogP contribution in [0.4, 0.5) is 0 Å². The van der Waals surface area contributed by atoms with E-state index >= 15 is 0 Å². The summed E-state index contributed by atoms with van der Waals surface area (Å²) < 4.78 is 15.9. The summed E-state index contributed by atoms with van der Waals surface area (Å²) in [4.78, 5) is 93.0. The van der Waals surface area contributed by atoms with Gasteiger partial charge >= 0.3 is 17.9 Å². The van der Waals surface area contributed by atoms with Crippen LogP contribution in [-0.2, 0) is 33.5 Å². The third kappa shape index (κ3) is 22.8. The van der Waals surface area contributed by atoms with Crippen LogP contribution in [0.3, 0.4) is 0 Å². The Bertz CT molecular complexity index is 1850. The van der Waals surface area contributed by atoms with Crippen molar-refractivity contribution in [2.45, 2.75) is 105 Å². The molecule has 0 saturated carbocycles. The maximum atomic E-state index is 12.4. The zero-order valence-corrected chi connectivity index (χ0v) is 39.5. The van der Waals surface area contributed by atoms with E-state index in [1.807, 2.05) is 0 Å². The number of carboxylic acid groups (broad SMARTS) is 2. The molecule has 6 atom stereocenters. The molecule has 6 unspecified atom stereocenters. The van der Waals surface area contributed by atoms with Crippen molar-refractivity contribution < 1.29 is 78.1 Å². The molecule has 0 aliphatic carbocycles. The lowest BCUT2D eigenvalue weighted by Crippen LogP contribution is -2.38. The summed E-state index contributed by atoms with van der Waals surface area (Å²) in [5, 5.41) is 48.6. The molecule has 0 aliphatic rings. The van der Waals surface area contributed by atoms with Crippen LogP contribution in [0.5, 0.6) is 11.5 Å². The summed E-state index contributed by atoms with van der Waals surface area (Å²) in [7, 11) is 1.46. The predicted octanol–water partition coefficient (Wildman–Crippen LogP) is 3.56. The first-order chi connectivity index (χ1) is 30.6. The number of nitrogens with one attached hydrogen (secondary N) is 1. The van der Waals surface area contributed by atoms with E-state index in [4.69, 9.17) is 35.9 Å². The topological polar surface area (TPSA) is 329 Å². The van der Waals surface area contributed by atoms with E-state index in [2.05, 4.69) is 5.32 Å². The van der Waals surface area contributed by atoms with Gasteiger partial charge in [0.2, 0.25) is 17.7 Å². The number of hydrogen-bond acceptors (Lipinski definition) is 14. The highest BCUT2D eigenvalue weighted by molar-refractivity contribution is 6.02. The average molecular weight is 934 g/mol. The SMILES string of the molecule is CC(C)(O)C(=O)c1ccc(OCCO)cc1.CC(CCC(C)C(=O)O)C(N)=O.CCC(CC(C(=O)O)C(CCC(C)C(=O)OCCOc1ccc(C(=O)C(C)(C)O)cc1)C(N)=O)C(=O)NC. The van der Waals surface area contributed by atoms with Crippen molar-refractivity contribution in [3.05, 3.63) is 59.7 Å². The molecule has 370 valence electrons. The molecule has 2 aromatic carbocycles. The van der Waals surface area contributed by atoms with E-state index in [1.165, 1.54) is 46.9 Å². The van der Waals surface area contributed by atoms with E-state index in [9.17, 15) is 53.7 Å². The van der Waals surface area contributed by atoms with Crippen molar-refractivity contribution in [2.24, 2.45) is 47.0 Å². The Hall–Kier alpha value is -5.92. The molecule has 0 radical (unpaired) electrons. The fourth-order valence-corrected chi connectivity index (χ4v) is 5.98. The van der Waals surface area contributed by atoms with Crippen molar-refractivity contribution in [1.29, 1.82) is 0 Å². The summed E-state index contributed by atoms with van der Waals surface area (Å²) in [6.45, 7) is 12.6. The molecule has 0 aromatic heterocycles. The molecule has 19 heteroatoms. The molecule has 0 fully saturated rings. The molecule has 0 aliphatic heterocycles. The number of Topliss-reactive ketones (excluding diaryl/α,β-unsaturated/α-hetero) is 2. The van der Waals surface area contributed by atoms with Crippen LogP contribution in [0.15, 0.2) is 48.5 Å². The summed E-state index contributed by atoms with van der Waals surface area (Å²) in [5.74, 6) is -7.80. The Balaban J connectivity index is 0.00000122. The smallest absolute Gasteiger partial charge is 0.308 e. The van der Waals surface area contributed by atoms with Crippen molar-refractivity contribution in [2.75, 3.05) is 33.5 Å². The Morgan fingerprint density at radius 1 is 0.621 bits per heavy atom. The third-order valence-electron chi connectivity index (χ3n) is 10.4. The average Bonchev–Trinajstić information content (AvgIpc) is 3.26. The van der Waals surface area contributed by atoms with Crippen LogP contribution < -0.4 is 26.3 Å². The lowest BCUT2D eigenvalue weighted by molar-refractivity contribution is -0.150. The van der Waals surface area contributed by atoms with Gasteiger partial charge in [-0.2, -0.15) is 0 Å². The van der Waals surface area contributed by atoms with E-state index < -0.39 is 70.4 Å². The second-order valence-electron chi connectivity index (χ2n) is 16.9. The standard InChI is InChI=1S/C27H40N2O9.C12H16O4.C8H15NO3/c1-6-17(24(32)29-5)15-21(25(33)34)20(23(28)31)12-7-16(2)26(35)38-14-13-37-19-10-8-18(9-11-19)22(30)27(3,4)36;1-12(2,15)11(14)9-3-5-10(6-4-9)16-8-7-13;1-5(7(9)10)3-4-6(2)8(11)12/h8-11,16-17,20-21,36H,6-7,12-15H2,1-5H3,(H2,28,31)(H,29,32)(H,33,34);3-6,13,15H,7-8H2,1-2H3;5-6H,3-4H2,1-2H3,(H2,9,10)(H,11,12). The van der Waals surface area contributed by atoms with E-state index in [1.54, 1.807) is 64.1 Å². The zero-order valence-electron chi connectivity index (χ0n) is 39.5. The van der Waals surface area contributed by atoms with Gasteiger partial charge in [-0.1, -0.05) is 27.7 Å².